The second-order valence-corrected chi connectivity index (χ2v) is 10.9. The normalized spacial score (nSPS) is 14.5. The lowest BCUT2D eigenvalue weighted by Gasteiger charge is -2.31. The molecular formula is C25H23ClN4O2S2. The molecule has 6 nitrogen and oxygen atoms in total. The summed E-state index contributed by atoms with van der Waals surface area (Å²) in [6, 6.07) is 13.2. The van der Waals surface area contributed by atoms with Crippen molar-refractivity contribution >= 4 is 62.0 Å². The molecule has 1 N–H and O–H groups in total. The van der Waals surface area contributed by atoms with Gasteiger partial charge >= 0.3 is 0 Å². The number of nitrogens with zero attached hydrogens (tertiary/aromatic N) is 3. The quantitative estimate of drug-likeness (QED) is 0.362. The Hall–Kier alpha value is -2.81. The van der Waals surface area contributed by atoms with Crippen molar-refractivity contribution in [3.8, 4) is 0 Å². The van der Waals surface area contributed by atoms with Gasteiger partial charge in [0.2, 0.25) is 5.91 Å². The molecule has 2 amide bonds. The molecule has 1 saturated heterocycles. The maximum absolute atomic E-state index is 12.7. The van der Waals surface area contributed by atoms with Crippen LogP contribution in [0, 0.1) is 6.92 Å². The zero-order valence-electron chi connectivity index (χ0n) is 18.6. The number of piperidine rings is 1. The van der Waals surface area contributed by atoms with Crippen molar-refractivity contribution in [1.29, 1.82) is 0 Å². The highest BCUT2D eigenvalue weighted by molar-refractivity contribution is 7.18. The van der Waals surface area contributed by atoms with E-state index in [0.29, 0.717) is 35.9 Å². The molecule has 1 fully saturated rings. The Morgan fingerprint density at radius 2 is 1.94 bits per heavy atom. The minimum atomic E-state index is -0.221. The van der Waals surface area contributed by atoms with Crippen molar-refractivity contribution in [3.63, 3.8) is 0 Å². The number of hydrogen-bond acceptors (Lipinski definition) is 6. The summed E-state index contributed by atoms with van der Waals surface area (Å²) >= 11 is 9.35. The highest BCUT2D eigenvalue weighted by Gasteiger charge is 2.26. The molecule has 0 spiro atoms. The Morgan fingerprint density at radius 1 is 1.15 bits per heavy atom. The molecule has 0 radical (unpaired) electrons. The molecule has 2 aromatic carbocycles. The van der Waals surface area contributed by atoms with Gasteiger partial charge in [0.1, 0.15) is 5.69 Å². The zero-order valence-corrected chi connectivity index (χ0v) is 21.0. The Labute approximate surface area is 210 Å². The van der Waals surface area contributed by atoms with Crippen LogP contribution in [0.3, 0.4) is 0 Å². The molecule has 1 aliphatic heterocycles. The van der Waals surface area contributed by atoms with E-state index >= 15 is 0 Å². The number of aromatic nitrogens is 2. The zero-order chi connectivity index (χ0) is 23.7. The number of anilines is 1. The van der Waals surface area contributed by atoms with Crippen molar-refractivity contribution in [3.05, 3.63) is 74.1 Å². The van der Waals surface area contributed by atoms with Gasteiger partial charge in [-0.05, 0) is 49.6 Å². The molecule has 1 aliphatic rings. The second-order valence-electron chi connectivity index (χ2n) is 8.36. The number of nitrogens with one attached hydrogen (secondary N) is 1. The predicted molar refractivity (Wildman–Crippen MR) is 138 cm³/mol. The topological polar surface area (TPSA) is 75.2 Å². The summed E-state index contributed by atoms with van der Waals surface area (Å²) in [6.07, 6.45) is 1.99. The number of fused-ring (bicyclic) bond motifs is 1. The smallest absolute Gasteiger partial charge is 0.275 e. The van der Waals surface area contributed by atoms with Crippen molar-refractivity contribution < 1.29 is 9.59 Å². The van der Waals surface area contributed by atoms with Gasteiger partial charge in [0.05, 0.1) is 26.7 Å². The summed E-state index contributed by atoms with van der Waals surface area (Å²) in [5, 5.41) is 7.32. The third kappa shape index (κ3) is 4.99. The first-order valence-electron chi connectivity index (χ1n) is 11.1. The third-order valence-corrected chi connectivity index (χ3v) is 8.33. The SMILES string of the molecule is Cc1nc2cc(NC(=O)c3csc(C4CCN(C(=O)Cc5ccccc5Cl)CC4)n3)ccc2s1. The number of aryl methyl sites for hydroxylation is 1. The molecule has 0 atom stereocenters. The minimum Gasteiger partial charge on any atom is -0.342 e. The number of carbonyl (C=O) groups excluding carboxylic acids is 2. The van der Waals surface area contributed by atoms with E-state index in [-0.39, 0.29) is 17.7 Å². The van der Waals surface area contributed by atoms with Crippen LogP contribution in [0.5, 0.6) is 0 Å². The average molecular weight is 511 g/mol. The van der Waals surface area contributed by atoms with E-state index in [4.69, 9.17) is 11.6 Å². The molecule has 9 heteroatoms. The summed E-state index contributed by atoms with van der Waals surface area (Å²) in [5.74, 6) is 0.129. The Kier molecular flexibility index (Phi) is 6.63. The summed E-state index contributed by atoms with van der Waals surface area (Å²) in [4.78, 5) is 36.5. The number of carbonyl (C=O) groups is 2. The second kappa shape index (κ2) is 9.82. The van der Waals surface area contributed by atoms with E-state index in [1.807, 2.05) is 59.7 Å². The lowest BCUT2D eigenvalue weighted by Crippen LogP contribution is -2.38. The number of halogens is 1. The minimum absolute atomic E-state index is 0.0954. The van der Waals surface area contributed by atoms with E-state index < -0.39 is 0 Å². The van der Waals surface area contributed by atoms with Gasteiger partial charge in [-0.3, -0.25) is 9.59 Å². The molecule has 0 bridgehead atoms. The Bertz CT molecular complexity index is 1360. The maximum Gasteiger partial charge on any atom is 0.275 e. The summed E-state index contributed by atoms with van der Waals surface area (Å²) in [6.45, 7) is 3.34. The van der Waals surface area contributed by atoms with E-state index in [1.54, 1.807) is 11.3 Å². The average Bonchev–Trinajstić information content (AvgIpc) is 3.47. The number of amides is 2. The van der Waals surface area contributed by atoms with Gasteiger partial charge in [-0.2, -0.15) is 0 Å². The lowest BCUT2D eigenvalue weighted by atomic mass is 9.97. The van der Waals surface area contributed by atoms with Gasteiger partial charge in [0.25, 0.3) is 5.91 Å². The summed E-state index contributed by atoms with van der Waals surface area (Å²) < 4.78 is 1.10. The van der Waals surface area contributed by atoms with Gasteiger partial charge < -0.3 is 10.2 Å². The monoisotopic (exact) mass is 510 g/mol. The van der Waals surface area contributed by atoms with Crippen molar-refractivity contribution in [2.45, 2.75) is 32.1 Å². The molecule has 34 heavy (non-hydrogen) atoms. The number of benzene rings is 2. The number of rotatable bonds is 5. The number of likely N-dealkylation sites (tertiary alicyclic amines) is 1. The van der Waals surface area contributed by atoms with Crippen molar-refractivity contribution in [1.82, 2.24) is 14.9 Å². The first-order chi connectivity index (χ1) is 16.5. The van der Waals surface area contributed by atoms with Gasteiger partial charge in [-0.15, -0.1) is 22.7 Å². The van der Waals surface area contributed by atoms with Crippen LogP contribution in [0.1, 0.15) is 44.8 Å². The van der Waals surface area contributed by atoms with Crippen molar-refractivity contribution in [2.75, 3.05) is 18.4 Å². The van der Waals surface area contributed by atoms with Crippen LogP contribution in [0.2, 0.25) is 5.02 Å². The molecule has 174 valence electrons. The van der Waals surface area contributed by atoms with Crippen LogP contribution in [0.25, 0.3) is 10.2 Å². The molecule has 5 rings (SSSR count). The lowest BCUT2D eigenvalue weighted by molar-refractivity contribution is -0.131. The summed E-state index contributed by atoms with van der Waals surface area (Å²) in [5.41, 5.74) is 2.88. The number of thiazole rings is 2. The Morgan fingerprint density at radius 3 is 2.74 bits per heavy atom. The molecule has 2 aromatic heterocycles. The molecule has 4 aromatic rings. The largest absolute Gasteiger partial charge is 0.342 e. The van der Waals surface area contributed by atoms with E-state index in [0.717, 1.165) is 38.6 Å². The highest BCUT2D eigenvalue weighted by atomic mass is 35.5. The third-order valence-electron chi connectivity index (χ3n) is 6.00. The highest BCUT2D eigenvalue weighted by Crippen LogP contribution is 2.31. The van der Waals surface area contributed by atoms with E-state index in [1.165, 1.54) is 11.3 Å². The fraction of sp³-hybridized carbons (Fsp3) is 0.280. The molecular weight excluding hydrogens is 488 g/mol. The van der Waals surface area contributed by atoms with E-state index in [2.05, 4.69) is 15.3 Å². The van der Waals surface area contributed by atoms with Crippen LogP contribution in [-0.4, -0.2) is 39.8 Å². The first-order valence-corrected chi connectivity index (χ1v) is 13.2. The van der Waals surface area contributed by atoms with Crippen LogP contribution in [0.4, 0.5) is 5.69 Å². The van der Waals surface area contributed by atoms with Crippen molar-refractivity contribution in [2.24, 2.45) is 0 Å². The predicted octanol–water partition coefficient (Wildman–Crippen LogP) is 5.92. The van der Waals surface area contributed by atoms with Gasteiger partial charge in [-0.25, -0.2) is 9.97 Å². The van der Waals surface area contributed by atoms with Crippen LogP contribution in [-0.2, 0) is 11.2 Å². The van der Waals surface area contributed by atoms with Gasteiger partial charge in [0, 0.05) is 35.1 Å². The van der Waals surface area contributed by atoms with Crippen LogP contribution >= 0.6 is 34.3 Å². The molecule has 0 saturated carbocycles. The molecule has 0 aliphatic carbocycles. The van der Waals surface area contributed by atoms with Gasteiger partial charge in [0.15, 0.2) is 0 Å². The molecule has 3 heterocycles. The Balaban J connectivity index is 1.17. The van der Waals surface area contributed by atoms with Gasteiger partial charge in [-0.1, -0.05) is 29.8 Å². The van der Waals surface area contributed by atoms with Crippen LogP contribution in [0.15, 0.2) is 47.8 Å². The van der Waals surface area contributed by atoms with Crippen LogP contribution < -0.4 is 5.32 Å². The fourth-order valence-electron chi connectivity index (χ4n) is 4.19. The fourth-order valence-corrected chi connectivity index (χ4v) is 6.17. The molecule has 0 unspecified atom stereocenters. The first kappa shape index (κ1) is 23.0. The maximum atomic E-state index is 12.7. The number of hydrogen-bond donors (Lipinski definition) is 1. The summed E-state index contributed by atoms with van der Waals surface area (Å²) in [7, 11) is 0. The standard InChI is InChI=1S/C25H23ClN4O2S2/c1-15-27-20-13-18(6-7-22(20)34-15)28-24(32)21-14-33-25(29-21)16-8-10-30(11-9-16)23(31)12-17-4-2-3-5-19(17)26/h2-7,13-14,16H,8-12H2,1H3,(H,28,32). The van der Waals surface area contributed by atoms with E-state index in [9.17, 15) is 9.59 Å².